The van der Waals surface area contributed by atoms with Crippen molar-refractivity contribution in [2.24, 2.45) is 0 Å². The van der Waals surface area contributed by atoms with Crippen molar-refractivity contribution in [3.63, 3.8) is 0 Å². The topological polar surface area (TPSA) is 73.5 Å². The highest BCUT2D eigenvalue weighted by molar-refractivity contribution is 6.06. The van der Waals surface area contributed by atoms with Crippen LogP contribution in [-0.4, -0.2) is 17.6 Å². The van der Waals surface area contributed by atoms with Crippen molar-refractivity contribution >= 4 is 16.9 Å². The highest BCUT2D eigenvalue weighted by Crippen LogP contribution is 2.22. The lowest BCUT2D eigenvalue weighted by molar-refractivity contribution is 0.0950. The van der Waals surface area contributed by atoms with Crippen LogP contribution < -0.4 is 15.6 Å². The zero-order valence-electron chi connectivity index (χ0n) is 15.2. The molecule has 136 valence electrons. The van der Waals surface area contributed by atoms with Crippen LogP contribution in [0.25, 0.3) is 11.0 Å². The Morgan fingerprint density at radius 1 is 1.23 bits per heavy atom. The molecule has 0 spiro atoms. The van der Waals surface area contributed by atoms with Gasteiger partial charge in [-0.2, -0.15) is 0 Å². The highest BCUT2D eigenvalue weighted by Gasteiger charge is 2.21. The quantitative estimate of drug-likeness (QED) is 0.737. The molecule has 0 bridgehead atoms. The summed E-state index contributed by atoms with van der Waals surface area (Å²) in [5.74, 6) is 0.884. The lowest BCUT2D eigenvalue weighted by Gasteiger charge is -2.07. The molecule has 6 nitrogen and oxygen atoms in total. The van der Waals surface area contributed by atoms with Gasteiger partial charge in [0.15, 0.2) is 0 Å². The molecular formula is C20H22N2O4. The first-order valence-corrected chi connectivity index (χ1v) is 8.58. The van der Waals surface area contributed by atoms with Gasteiger partial charge in [-0.1, -0.05) is 19.1 Å². The molecule has 6 heteroatoms. The first kappa shape index (κ1) is 17.8. The van der Waals surface area contributed by atoms with Gasteiger partial charge in [0.2, 0.25) is 0 Å². The molecule has 2 heterocycles. The Hall–Kier alpha value is -3.02. The zero-order chi connectivity index (χ0) is 18.7. The van der Waals surface area contributed by atoms with Gasteiger partial charge in [-0.3, -0.25) is 9.59 Å². The number of amides is 1. The molecule has 0 fully saturated rings. The number of hydrogen-bond donors (Lipinski definition) is 1. The third kappa shape index (κ3) is 3.35. The molecule has 0 atom stereocenters. The molecule has 0 aliphatic heterocycles. The smallest absolute Gasteiger partial charge is 0.262 e. The number of aromatic nitrogens is 1. The predicted octanol–water partition coefficient (Wildman–Crippen LogP) is 3.25. The van der Waals surface area contributed by atoms with Crippen LogP contribution in [-0.2, 0) is 13.1 Å². The number of hydrogen-bond acceptors (Lipinski definition) is 4. The monoisotopic (exact) mass is 354 g/mol. The summed E-state index contributed by atoms with van der Waals surface area (Å²) in [6, 6.07) is 9.17. The summed E-state index contributed by atoms with van der Waals surface area (Å²) in [4.78, 5) is 25.4. The van der Waals surface area contributed by atoms with Crippen LogP contribution >= 0.6 is 0 Å². The second-order valence-electron chi connectivity index (χ2n) is 6.12. The Morgan fingerprint density at radius 3 is 2.62 bits per heavy atom. The fourth-order valence-electron chi connectivity index (χ4n) is 2.97. The van der Waals surface area contributed by atoms with Crippen LogP contribution in [0.15, 0.2) is 45.7 Å². The first-order chi connectivity index (χ1) is 12.5. The number of methoxy groups -OCH3 is 1. The molecule has 3 rings (SSSR count). The van der Waals surface area contributed by atoms with Gasteiger partial charge in [0.25, 0.3) is 11.5 Å². The lowest BCUT2D eigenvalue weighted by Crippen LogP contribution is -2.26. The molecule has 3 aromatic rings. The van der Waals surface area contributed by atoms with E-state index in [9.17, 15) is 9.59 Å². The second-order valence-corrected chi connectivity index (χ2v) is 6.12. The Kier molecular flexibility index (Phi) is 5.11. The number of furan rings is 1. The lowest BCUT2D eigenvalue weighted by atomic mass is 10.1. The third-order valence-corrected chi connectivity index (χ3v) is 4.30. The highest BCUT2D eigenvalue weighted by atomic mass is 16.5. The molecule has 1 amide bonds. The average molecular weight is 354 g/mol. The maximum Gasteiger partial charge on any atom is 0.262 e. The number of carbonyl (C=O) groups is 1. The van der Waals surface area contributed by atoms with Crippen molar-refractivity contribution in [3.8, 4) is 5.75 Å². The van der Waals surface area contributed by atoms with Crippen LogP contribution in [0.4, 0.5) is 0 Å². The number of aryl methyl sites for hydroxylation is 2. The van der Waals surface area contributed by atoms with E-state index >= 15 is 0 Å². The van der Waals surface area contributed by atoms with Crippen molar-refractivity contribution in [1.29, 1.82) is 0 Å². The Bertz CT molecular complexity index is 983. The van der Waals surface area contributed by atoms with Crippen LogP contribution in [0.1, 0.15) is 35.0 Å². The van der Waals surface area contributed by atoms with Gasteiger partial charge in [-0.05, 0) is 37.1 Å². The minimum absolute atomic E-state index is 0.198. The van der Waals surface area contributed by atoms with E-state index in [4.69, 9.17) is 9.15 Å². The van der Waals surface area contributed by atoms with Gasteiger partial charge < -0.3 is 19.0 Å². The minimum Gasteiger partial charge on any atom is -0.497 e. The molecule has 2 aromatic heterocycles. The number of ether oxygens (including phenoxy) is 1. The molecule has 0 unspecified atom stereocenters. The Labute approximate surface area is 151 Å². The summed E-state index contributed by atoms with van der Waals surface area (Å²) in [6.45, 7) is 4.66. The number of rotatable bonds is 6. The van der Waals surface area contributed by atoms with E-state index in [0.29, 0.717) is 35.4 Å². The van der Waals surface area contributed by atoms with Crippen molar-refractivity contribution < 1.29 is 13.9 Å². The number of fused-ring (bicyclic) bond motifs is 1. The second kappa shape index (κ2) is 7.47. The maximum atomic E-state index is 12.7. The normalized spacial score (nSPS) is 10.9. The van der Waals surface area contributed by atoms with E-state index in [1.807, 2.05) is 31.2 Å². The summed E-state index contributed by atoms with van der Waals surface area (Å²) in [7, 11) is 1.61. The SMILES string of the molecule is CCCn1ccc2oc(C)c(C(=O)NCc3ccc(OC)cc3)c2c1=O. The molecular weight excluding hydrogens is 332 g/mol. The van der Waals surface area contributed by atoms with E-state index < -0.39 is 0 Å². The van der Waals surface area contributed by atoms with Gasteiger partial charge in [-0.25, -0.2) is 0 Å². The number of carbonyl (C=O) groups excluding carboxylic acids is 1. The summed E-state index contributed by atoms with van der Waals surface area (Å²) in [6.07, 6.45) is 2.54. The summed E-state index contributed by atoms with van der Waals surface area (Å²) < 4.78 is 12.4. The molecule has 0 saturated heterocycles. The van der Waals surface area contributed by atoms with Crippen LogP contribution in [0.2, 0.25) is 0 Å². The number of nitrogens with zero attached hydrogens (tertiary/aromatic N) is 1. The minimum atomic E-state index is -0.316. The fourth-order valence-corrected chi connectivity index (χ4v) is 2.97. The fraction of sp³-hybridized carbons (Fsp3) is 0.300. The van der Waals surface area contributed by atoms with E-state index in [0.717, 1.165) is 17.7 Å². The van der Waals surface area contributed by atoms with Crippen molar-refractivity contribution in [3.05, 3.63) is 63.8 Å². The largest absolute Gasteiger partial charge is 0.497 e. The van der Waals surface area contributed by atoms with E-state index in [1.54, 1.807) is 30.9 Å². The van der Waals surface area contributed by atoms with E-state index in [2.05, 4.69) is 5.32 Å². The summed E-state index contributed by atoms with van der Waals surface area (Å²) in [5, 5.41) is 3.20. The molecule has 0 aliphatic rings. The number of nitrogens with one attached hydrogen (secondary N) is 1. The predicted molar refractivity (Wildman–Crippen MR) is 99.7 cm³/mol. The molecule has 0 aliphatic carbocycles. The maximum absolute atomic E-state index is 12.7. The standard InChI is InChI=1S/C20H22N2O4/c1-4-10-22-11-9-16-18(20(22)24)17(13(2)26-16)19(23)21-12-14-5-7-15(25-3)8-6-14/h5-9,11H,4,10,12H2,1-3H3,(H,21,23). The average Bonchev–Trinajstić information content (AvgIpc) is 2.99. The summed E-state index contributed by atoms with van der Waals surface area (Å²) >= 11 is 0. The zero-order valence-corrected chi connectivity index (χ0v) is 15.2. The molecule has 0 saturated carbocycles. The van der Waals surface area contributed by atoms with E-state index in [-0.39, 0.29) is 11.5 Å². The first-order valence-electron chi connectivity index (χ1n) is 8.58. The molecule has 1 aromatic carbocycles. The molecule has 1 N–H and O–H groups in total. The number of benzene rings is 1. The van der Waals surface area contributed by atoms with Gasteiger partial charge in [0.05, 0.1) is 18.1 Å². The Morgan fingerprint density at radius 2 is 1.96 bits per heavy atom. The van der Waals surface area contributed by atoms with Crippen molar-refractivity contribution in [1.82, 2.24) is 9.88 Å². The Balaban J connectivity index is 1.88. The van der Waals surface area contributed by atoms with Gasteiger partial charge in [0.1, 0.15) is 17.1 Å². The van der Waals surface area contributed by atoms with E-state index in [1.165, 1.54) is 0 Å². The molecule has 26 heavy (non-hydrogen) atoms. The molecule has 0 radical (unpaired) electrons. The van der Waals surface area contributed by atoms with Gasteiger partial charge >= 0.3 is 0 Å². The van der Waals surface area contributed by atoms with Crippen molar-refractivity contribution in [2.75, 3.05) is 7.11 Å². The van der Waals surface area contributed by atoms with Crippen LogP contribution in [0.5, 0.6) is 5.75 Å². The van der Waals surface area contributed by atoms with Crippen LogP contribution in [0, 0.1) is 6.92 Å². The van der Waals surface area contributed by atoms with Gasteiger partial charge in [0, 0.05) is 19.3 Å². The number of pyridine rings is 1. The van der Waals surface area contributed by atoms with Crippen LogP contribution in [0.3, 0.4) is 0 Å². The van der Waals surface area contributed by atoms with Crippen molar-refractivity contribution in [2.45, 2.75) is 33.4 Å². The third-order valence-electron chi connectivity index (χ3n) is 4.30. The van der Waals surface area contributed by atoms with Gasteiger partial charge in [-0.15, -0.1) is 0 Å². The summed E-state index contributed by atoms with van der Waals surface area (Å²) in [5.41, 5.74) is 1.49.